The predicted octanol–water partition coefficient (Wildman–Crippen LogP) is 4.14. The Kier molecular flexibility index (Phi) is 3.95. The first-order valence-electron chi connectivity index (χ1n) is 7.46. The van der Waals surface area contributed by atoms with Gasteiger partial charge in [-0.2, -0.15) is 0 Å². The molecule has 1 aliphatic carbocycles. The molecule has 2 aromatic rings. The standard InChI is InChI=1S/C17H20N2O/c20-17(11-10-13-5-1-2-6-13)19-16-9-3-8-15-14(16)7-4-12-18-15/h3-4,7-9,12-13H,1-2,5-6,10-11H2,(H,19,20). The summed E-state index contributed by atoms with van der Waals surface area (Å²) in [6.07, 6.45) is 8.68. The van der Waals surface area contributed by atoms with Gasteiger partial charge in [0.15, 0.2) is 0 Å². The third kappa shape index (κ3) is 2.98. The van der Waals surface area contributed by atoms with E-state index in [9.17, 15) is 4.79 Å². The number of nitrogens with zero attached hydrogens (tertiary/aromatic N) is 1. The molecule has 1 amide bonds. The van der Waals surface area contributed by atoms with Crippen LogP contribution in [-0.4, -0.2) is 10.9 Å². The predicted molar refractivity (Wildman–Crippen MR) is 81.6 cm³/mol. The summed E-state index contributed by atoms with van der Waals surface area (Å²) in [4.78, 5) is 16.4. The molecule has 0 bridgehead atoms. The Bertz CT molecular complexity index is 597. The molecule has 3 nitrogen and oxygen atoms in total. The molecule has 0 aliphatic heterocycles. The lowest BCUT2D eigenvalue weighted by Crippen LogP contribution is -2.13. The third-order valence-corrected chi connectivity index (χ3v) is 4.17. The van der Waals surface area contributed by atoms with Crippen LogP contribution < -0.4 is 5.32 Å². The van der Waals surface area contributed by atoms with E-state index in [2.05, 4.69) is 10.3 Å². The van der Waals surface area contributed by atoms with Crippen LogP contribution in [-0.2, 0) is 4.79 Å². The molecule has 104 valence electrons. The second-order valence-electron chi connectivity index (χ2n) is 5.61. The Morgan fingerprint density at radius 1 is 1.20 bits per heavy atom. The molecule has 1 fully saturated rings. The SMILES string of the molecule is O=C(CCC1CCCC1)Nc1cccc2ncccc12. The van der Waals surface area contributed by atoms with Crippen molar-refractivity contribution in [2.75, 3.05) is 5.32 Å². The number of carbonyl (C=O) groups is 1. The highest BCUT2D eigenvalue weighted by Crippen LogP contribution is 2.29. The Hall–Kier alpha value is -1.90. The molecular formula is C17H20N2O. The maximum absolute atomic E-state index is 12.1. The molecule has 20 heavy (non-hydrogen) atoms. The van der Waals surface area contributed by atoms with Gasteiger partial charge >= 0.3 is 0 Å². The van der Waals surface area contributed by atoms with Crippen molar-refractivity contribution >= 4 is 22.5 Å². The molecule has 1 heterocycles. The number of carbonyl (C=O) groups excluding carboxylic acids is 1. The molecule has 1 N–H and O–H groups in total. The van der Waals surface area contributed by atoms with Gasteiger partial charge in [0.25, 0.3) is 0 Å². The lowest BCUT2D eigenvalue weighted by Gasteiger charge is -2.10. The van der Waals surface area contributed by atoms with Crippen LogP contribution in [0.1, 0.15) is 38.5 Å². The van der Waals surface area contributed by atoms with Gasteiger partial charge in [0.05, 0.1) is 11.2 Å². The molecule has 1 aromatic heterocycles. The fourth-order valence-electron chi connectivity index (χ4n) is 3.06. The Morgan fingerprint density at radius 2 is 2.05 bits per heavy atom. The summed E-state index contributed by atoms with van der Waals surface area (Å²) in [6.45, 7) is 0. The lowest BCUT2D eigenvalue weighted by molar-refractivity contribution is -0.116. The number of aromatic nitrogens is 1. The van der Waals surface area contributed by atoms with Crippen LogP contribution in [0.25, 0.3) is 10.9 Å². The van der Waals surface area contributed by atoms with E-state index in [0.29, 0.717) is 6.42 Å². The summed E-state index contributed by atoms with van der Waals surface area (Å²) < 4.78 is 0. The summed E-state index contributed by atoms with van der Waals surface area (Å²) in [5.41, 5.74) is 1.79. The van der Waals surface area contributed by atoms with Crippen molar-refractivity contribution in [2.45, 2.75) is 38.5 Å². The maximum Gasteiger partial charge on any atom is 0.224 e. The zero-order chi connectivity index (χ0) is 13.8. The van der Waals surface area contributed by atoms with Crippen LogP contribution in [0.3, 0.4) is 0 Å². The number of rotatable bonds is 4. The first kappa shape index (κ1) is 13.1. The fourth-order valence-corrected chi connectivity index (χ4v) is 3.06. The molecule has 3 rings (SSSR count). The van der Waals surface area contributed by atoms with Crippen LogP contribution in [0.15, 0.2) is 36.5 Å². The first-order valence-corrected chi connectivity index (χ1v) is 7.46. The van der Waals surface area contributed by atoms with E-state index in [4.69, 9.17) is 0 Å². The van der Waals surface area contributed by atoms with Gasteiger partial charge in [-0.15, -0.1) is 0 Å². The Labute approximate surface area is 119 Å². The van der Waals surface area contributed by atoms with E-state index < -0.39 is 0 Å². The molecule has 0 atom stereocenters. The van der Waals surface area contributed by atoms with Crippen molar-refractivity contribution in [1.82, 2.24) is 4.98 Å². The van der Waals surface area contributed by atoms with E-state index in [1.807, 2.05) is 30.3 Å². The lowest BCUT2D eigenvalue weighted by atomic mass is 10.0. The van der Waals surface area contributed by atoms with Gasteiger partial charge in [-0.05, 0) is 36.6 Å². The second-order valence-corrected chi connectivity index (χ2v) is 5.61. The zero-order valence-corrected chi connectivity index (χ0v) is 11.6. The normalized spacial score (nSPS) is 15.6. The quantitative estimate of drug-likeness (QED) is 0.905. The highest BCUT2D eigenvalue weighted by Gasteiger charge is 2.16. The number of hydrogen-bond donors (Lipinski definition) is 1. The van der Waals surface area contributed by atoms with Crippen molar-refractivity contribution in [3.63, 3.8) is 0 Å². The van der Waals surface area contributed by atoms with E-state index in [0.717, 1.165) is 28.9 Å². The minimum Gasteiger partial charge on any atom is -0.325 e. The van der Waals surface area contributed by atoms with Gasteiger partial charge in [-0.1, -0.05) is 31.7 Å². The van der Waals surface area contributed by atoms with E-state index in [1.54, 1.807) is 6.20 Å². The molecule has 3 heteroatoms. The zero-order valence-electron chi connectivity index (χ0n) is 11.6. The largest absolute Gasteiger partial charge is 0.325 e. The number of fused-ring (bicyclic) bond motifs is 1. The van der Waals surface area contributed by atoms with Crippen LogP contribution in [0.4, 0.5) is 5.69 Å². The van der Waals surface area contributed by atoms with Crippen molar-refractivity contribution < 1.29 is 4.79 Å². The summed E-state index contributed by atoms with van der Waals surface area (Å²) in [7, 11) is 0. The molecule has 0 radical (unpaired) electrons. The molecule has 1 aromatic carbocycles. The van der Waals surface area contributed by atoms with Gasteiger partial charge in [0.2, 0.25) is 5.91 Å². The van der Waals surface area contributed by atoms with E-state index >= 15 is 0 Å². The molecule has 0 unspecified atom stereocenters. The summed E-state index contributed by atoms with van der Waals surface area (Å²) in [6, 6.07) is 9.73. The molecule has 1 saturated carbocycles. The van der Waals surface area contributed by atoms with Gasteiger partial charge in [0, 0.05) is 18.0 Å². The third-order valence-electron chi connectivity index (χ3n) is 4.17. The summed E-state index contributed by atoms with van der Waals surface area (Å²) in [5.74, 6) is 0.878. The summed E-state index contributed by atoms with van der Waals surface area (Å²) >= 11 is 0. The monoisotopic (exact) mass is 268 g/mol. The first-order chi connectivity index (χ1) is 9.83. The van der Waals surface area contributed by atoms with Crippen LogP contribution in [0.5, 0.6) is 0 Å². The van der Waals surface area contributed by atoms with Crippen LogP contribution in [0, 0.1) is 5.92 Å². The Balaban J connectivity index is 1.65. The van der Waals surface area contributed by atoms with E-state index in [1.165, 1.54) is 25.7 Å². The van der Waals surface area contributed by atoms with Crippen molar-refractivity contribution in [3.05, 3.63) is 36.5 Å². The highest BCUT2D eigenvalue weighted by atomic mass is 16.1. The average Bonchev–Trinajstić information content (AvgIpc) is 2.99. The summed E-state index contributed by atoms with van der Waals surface area (Å²) in [5, 5.41) is 4.03. The maximum atomic E-state index is 12.1. The van der Waals surface area contributed by atoms with Crippen LogP contribution >= 0.6 is 0 Å². The second kappa shape index (κ2) is 6.04. The van der Waals surface area contributed by atoms with Crippen molar-refractivity contribution in [3.8, 4) is 0 Å². The minimum absolute atomic E-state index is 0.119. The number of amides is 1. The van der Waals surface area contributed by atoms with Crippen LogP contribution in [0.2, 0.25) is 0 Å². The van der Waals surface area contributed by atoms with Gasteiger partial charge in [-0.3, -0.25) is 9.78 Å². The minimum atomic E-state index is 0.119. The fraction of sp³-hybridized carbons (Fsp3) is 0.412. The number of hydrogen-bond acceptors (Lipinski definition) is 2. The number of nitrogens with one attached hydrogen (secondary N) is 1. The molecule has 1 aliphatic rings. The average molecular weight is 268 g/mol. The van der Waals surface area contributed by atoms with Crippen molar-refractivity contribution in [2.24, 2.45) is 5.92 Å². The number of benzene rings is 1. The highest BCUT2D eigenvalue weighted by molar-refractivity contribution is 6.00. The van der Waals surface area contributed by atoms with Gasteiger partial charge < -0.3 is 5.32 Å². The molecule has 0 saturated heterocycles. The molecule has 0 spiro atoms. The number of anilines is 1. The smallest absolute Gasteiger partial charge is 0.224 e. The Morgan fingerprint density at radius 3 is 2.90 bits per heavy atom. The topological polar surface area (TPSA) is 42.0 Å². The van der Waals surface area contributed by atoms with Crippen molar-refractivity contribution in [1.29, 1.82) is 0 Å². The van der Waals surface area contributed by atoms with Gasteiger partial charge in [-0.25, -0.2) is 0 Å². The number of pyridine rings is 1. The van der Waals surface area contributed by atoms with E-state index in [-0.39, 0.29) is 5.91 Å². The van der Waals surface area contributed by atoms with Gasteiger partial charge in [0.1, 0.15) is 0 Å². The molecular weight excluding hydrogens is 248 g/mol.